The van der Waals surface area contributed by atoms with Gasteiger partial charge >= 0.3 is 5.97 Å². The van der Waals surface area contributed by atoms with Crippen molar-refractivity contribution in [1.29, 1.82) is 0 Å². The van der Waals surface area contributed by atoms with Crippen LogP contribution in [0.3, 0.4) is 0 Å². The maximum Gasteiger partial charge on any atom is 0.303 e. The minimum absolute atomic E-state index is 0.0693. The Morgan fingerprint density at radius 2 is 1.59 bits per heavy atom. The van der Waals surface area contributed by atoms with E-state index in [1.165, 1.54) is 21.3 Å². The Morgan fingerprint density at radius 1 is 0.941 bits per heavy atom. The van der Waals surface area contributed by atoms with Gasteiger partial charge in [0.1, 0.15) is 23.0 Å². The third kappa shape index (κ3) is 7.80. The van der Waals surface area contributed by atoms with Gasteiger partial charge in [0.2, 0.25) is 5.91 Å². The molecule has 1 atom stereocenters. The summed E-state index contributed by atoms with van der Waals surface area (Å²) in [4.78, 5) is 22.8. The Morgan fingerprint density at radius 3 is 2.15 bits per heavy atom. The number of hydrogen-bond donors (Lipinski definition) is 2. The molecule has 0 aliphatic rings. The molecule has 0 aliphatic carbocycles. The van der Waals surface area contributed by atoms with E-state index in [1.807, 2.05) is 0 Å². The molecule has 0 aliphatic heterocycles. The summed E-state index contributed by atoms with van der Waals surface area (Å²) in [6.07, 6.45) is 1.89. The number of methoxy groups -OCH3 is 4. The Labute approximate surface area is 201 Å². The van der Waals surface area contributed by atoms with Crippen LogP contribution >= 0.6 is 0 Å². The average Bonchev–Trinajstić information content (AvgIpc) is 2.82. The van der Waals surface area contributed by atoms with E-state index < -0.39 is 16.8 Å². The van der Waals surface area contributed by atoms with Crippen molar-refractivity contribution in [3.05, 3.63) is 46.9 Å². The molecule has 9 nitrogen and oxygen atoms in total. The largest absolute Gasteiger partial charge is 0.496 e. The summed E-state index contributed by atoms with van der Waals surface area (Å²) in [5.74, 6) is 0.975. The van der Waals surface area contributed by atoms with Crippen molar-refractivity contribution in [2.45, 2.75) is 25.0 Å². The van der Waals surface area contributed by atoms with E-state index in [4.69, 9.17) is 24.1 Å². The maximum absolute atomic E-state index is 12.7. The fraction of sp³-hybridized carbons (Fsp3) is 0.333. The molecule has 0 saturated carbocycles. The van der Waals surface area contributed by atoms with E-state index >= 15 is 0 Å². The van der Waals surface area contributed by atoms with Crippen LogP contribution in [0.1, 0.15) is 30.4 Å². The number of ether oxygens (including phenoxy) is 4. The number of carbonyl (C=O) groups excluding carboxylic acids is 1. The number of aliphatic carboxylic acids is 1. The minimum Gasteiger partial charge on any atom is -0.496 e. The Hall–Kier alpha value is -3.53. The minimum atomic E-state index is -1.38. The Balaban J connectivity index is 2.14. The third-order valence-corrected chi connectivity index (χ3v) is 5.84. The quantitative estimate of drug-likeness (QED) is 0.434. The van der Waals surface area contributed by atoms with E-state index in [0.29, 0.717) is 34.2 Å². The molecule has 0 bridgehead atoms. The van der Waals surface area contributed by atoms with Crippen LogP contribution in [0.4, 0.5) is 5.69 Å². The second kappa shape index (κ2) is 13.2. The van der Waals surface area contributed by atoms with Crippen molar-refractivity contribution in [2.75, 3.05) is 33.8 Å². The highest BCUT2D eigenvalue weighted by atomic mass is 32.2. The van der Waals surface area contributed by atoms with Crippen molar-refractivity contribution in [3.8, 4) is 23.0 Å². The Kier molecular flexibility index (Phi) is 10.4. The van der Waals surface area contributed by atoms with Gasteiger partial charge in [0, 0.05) is 30.4 Å². The van der Waals surface area contributed by atoms with Gasteiger partial charge in [-0.2, -0.15) is 0 Å². The molecule has 34 heavy (non-hydrogen) atoms. The lowest BCUT2D eigenvalue weighted by Crippen LogP contribution is -2.13. The first-order chi connectivity index (χ1) is 16.3. The molecule has 0 fully saturated rings. The highest BCUT2D eigenvalue weighted by Crippen LogP contribution is 2.35. The average molecular weight is 492 g/mol. The van der Waals surface area contributed by atoms with Crippen LogP contribution in [-0.4, -0.2) is 49.6 Å². The van der Waals surface area contributed by atoms with E-state index in [-0.39, 0.29) is 30.9 Å². The first-order valence-corrected chi connectivity index (χ1v) is 11.7. The molecular weight excluding hydrogens is 462 g/mol. The zero-order valence-corrected chi connectivity index (χ0v) is 20.4. The first kappa shape index (κ1) is 26.7. The molecule has 2 N–H and O–H groups in total. The van der Waals surface area contributed by atoms with Crippen molar-refractivity contribution in [1.82, 2.24) is 0 Å². The van der Waals surface area contributed by atoms with Gasteiger partial charge in [0.05, 0.1) is 56.2 Å². The topological polar surface area (TPSA) is 120 Å². The van der Waals surface area contributed by atoms with Crippen LogP contribution in [0.15, 0.2) is 35.7 Å². The van der Waals surface area contributed by atoms with Crippen molar-refractivity contribution >= 4 is 34.4 Å². The maximum atomic E-state index is 12.7. The highest BCUT2D eigenvalue weighted by Gasteiger charge is 2.13. The number of anilines is 1. The molecule has 0 aromatic heterocycles. The standard InChI is InChI=1S/C24H29NO8S/c1-30-17-13-21(32-3)18(22(14-17)33-4)10-11-34(29)15-16-8-9-20(31-2)19(12-16)25-23(26)6-5-7-24(27)28/h8-14H,5-7,15H2,1-4H3,(H,25,26)(H,27,28)/b11-10+. The van der Waals surface area contributed by atoms with Gasteiger partial charge in [0.15, 0.2) is 0 Å². The molecule has 1 unspecified atom stereocenters. The summed E-state index contributed by atoms with van der Waals surface area (Å²) in [7, 11) is 4.69. The van der Waals surface area contributed by atoms with Gasteiger partial charge in [-0.05, 0) is 30.2 Å². The number of rotatable bonds is 13. The third-order valence-electron chi connectivity index (χ3n) is 4.78. The summed E-state index contributed by atoms with van der Waals surface area (Å²) in [5, 5.41) is 13.0. The van der Waals surface area contributed by atoms with E-state index in [9.17, 15) is 13.8 Å². The van der Waals surface area contributed by atoms with Crippen molar-refractivity contribution in [2.24, 2.45) is 0 Å². The fourth-order valence-electron chi connectivity index (χ4n) is 3.11. The molecule has 0 spiro atoms. The predicted molar refractivity (Wildman–Crippen MR) is 130 cm³/mol. The lowest BCUT2D eigenvalue weighted by Gasteiger charge is -2.13. The second-order valence-electron chi connectivity index (χ2n) is 7.10. The predicted octanol–water partition coefficient (Wildman–Crippen LogP) is 3.83. The number of carboxylic acid groups (broad SMARTS) is 1. The molecule has 184 valence electrons. The number of amides is 1. The van der Waals surface area contributed by atoms with E-state index in [0.717, 1.165) is 5.56 Å². The molecule has 2 aromatic rings. The van der Waals surface area contributed by atoms with Crippen molar-refractivity contribution < 1.29 is 37.9 Å². The molecule has 0 radical (unpaired) electrons. The van der Waals surface area contributed by atoms with Crippen LogP contribution in [0.25, 0.3) is 6.08 Å². The highest BCUT2D eigenvalue weighted by molar-refractivity contribution is 7.87. The van der Waals surface area contributed by atoms with E-state index in [1.54, 1.807) is 48.9 Å². The van der Waals surface area contributed by atoms with Gasteiger partial charge in [-0.3, -0.25) is 13.8 Å². The van der Waals surface area contributed by atoms with Crippen LogP contribution in [0.5, 0.6) is 23.0 Å². The molecule has 10 heteroatoms. The zero-order chi connectivity index (χ0) is 25.1. The van der Waals surface area contributed by atoms with Crippen molar-refractivity contribution in [3.63, 3.8) is 0 Å². The summed E-state index contributed by atoms with van der Waals surface area (Å²) in [6, 6.07) is 8.55. The number of carboxylic acids is 1. The molecule has 2 rings (SSSR count). The normalized spacial score (nSPS) is 11.6. The molecular formula is C24H29NO8S. The van der Waals surface area contributed by atoms with Gasteiger partial charge in [-0.1, -0.05) is 6.07 Å². The number of hydrogen-bond acceptors (Lipinski definition) is 7. The second-order valence-corrected chi connectivity index (χ2v) is 8.43. The summed E-state index contributed by atoms with van der Waals surface area (Å²) in [6.45, 7) is 0. The SMILES string of the molecule is COc1cc(OC)c(/C=C/S(=O)Cc2ccc(OC)c(NC(=O)CCCC(=O)O)c2)c(OC)c1. The summed E-state index contributed by atoms with van der Waals surface area (Å²) >= 11 is 0. The molecule has 2 aromatic carbocycles. The lowest BCUT2D eigenvalue weighted by molar-refractivity contribution is -0.137. The van der Waals surface area contributed by atoms with Gasteiger partial charge in [0.25, 0.3) is 0 Å². The lowest BCUT2D eigenvalue weighted by atomic mass is 10.1. The fourth-order valence-corrected chi connectivity index (χ4v) is 4.00. The molecule has 1 amide bonds. The van der Waals surface area contributed by atoms with Crippen LogP contribution in [0, 0.1) is 0 Å². The monoisotopic (exact) mass is 491 g/mol. The van der Waals surface area contributed by atoms with Gasteiger partial charge in [-0.25, -0.2) is 0 Å². The molecule has 0 saturated heterocycles. The summed E-state index contributed by atoms with van der Waals surface area (Å²) < 4.78 is 34.1. The smallest absolute Gasteiger partial charge is 0.303 e. The summed E-state index contributed by atoms with van der Waals surface area (Å²) in [5.41, 5.74) is 1.78. The van der Waals surface area contributed by atoms with E-state index in [2.05, 4.69) is 5.32 Å². The van der Waals surface area contributed by atoms with Gasteiger partial charge in [-0.15, -0.1) is 0 Å². The Bertz CT molecular complexity index is 1040. The molecule has 0 heterocycles. The van der Waals surface area contributed by atoms with Crippen LogP contribution in [-0.2, 0) is 26.1 Å². The first-order valence-electron chi connectivity index (χ1n) is 10.3. The zero-order valence-electron chi connectivity index (χ0n) is 19.6. The number of benzene rings is 2. The van der Waals surface area contributed by atoms with Crippen LogP contribution < -0.4 is 24.3 Å². The van der Waals surface area contributed by atoms with Gasteiger partial charge < -0.3 is 29.4 Å². The number of carbonyl (C=O) groups is 2. The number of nitrogens with one attached hydrogen (secondary N) is 1. The van der Waals surface area contributed by atoms with Crippen LogP contribution in [0.2, 0.25) is 0 Å².